The quantitative estimate of drug-likeness (QED) is 0.742. The molecule has 0 spiro atoms. The summed E-state index contributed by atoms with van der Waals surface area (Å²) < 4.78 is 0. The second-order valence-electron chi connectivity index (χ2n) is 5.01. The normalized spacial score (nSPS) is 26.3. The Morgan fingerprint density at radius 2 is 2.21 bits per heavy atom. The standard InChI is InChI=1S/C13H15N3O3/c1-7-4-5-14-11-8(7)6-16(13(11)19)9-2-3-10(17)15-12(9)18/h4-5,9-10,17H,2-3,6H2,1H3,(H,15,18). The summed E-state index contributed by atoms with van der Waals surface area (Å²) in [6.07, 6.45) is 1.75. The van der Waals surface area contributed by atoms with Crippen LogP contribution in [0.15, 0.2) is 12.3 Å². The van der Waals surface area contributed by atoms with Crippen LogP contribution < -0.4 is 5.32 Å². The van der Waals surface area contributed by atoms with Crippen molar-refractivity contribution < 1.29 is 14.7 Å². The number of nitrogens with zero attached hydrogens (tertiary/aromatic N) is 2. The molecule has 1 fully saturated rings. The first-order chi connectivity index (χ1) is 9.08. The van der Waals surface area contributed by atoms with Crippen LogP contribution in [-0.2, 0) is 11.3 Å². The number of hydrogen-bond donors (Lipinski definition) is 2. The average molecular weight is 261 g/mol. The molecular weight excluding hydrogens is 246 g/mol. The predicted molar refractivity (Wildman–Crippen MR) is 66.0 cm³/mol. The number of piperidine rings is 1. The number of amides is 2. The van der Waals surface area contributed by atoms with E-state index in [9.17, 15) is 14.7 Å². The second-order valence-corrected chi connectivity index (χ2v) is 5.01. The molecule has 1 aromatic heterocycles. The zero-order valence-corrected chi connectivity index (χ0v) is 10.6. The van der Waals surface area contributed by atoms with Crippen molar-refractivity contribution >= 4 is 11.8 Å². The highest BCUT2D eigenvalue weighted by atomic mass is 16.3. The van der Waals surface area contributed by atoms with Crippen molar-refractivity contribution in [1.82, 2.24) is 15.2 Å². The number of carbonyl (C=O) groups is 2. The summed E-state index contributed by atoms with van der Waals surface area (Å²) in [6, 6.07) is 1.35. The summed E-state index contributed by atoms with van der Waals surface area (Å²) in [7, 11) is 0. The van der Waals surface area contributed by atoms with Gasteiger partial charge in [-0.05, 0) is 31.4 Å². The van der Waals surface area contributed by atoms with E-state index < -0.39 is 12.3 Å². The lowest BCUT2D eigenvalue weighted by Gasteiger charge is -2.32. The largest absolute Gasteiger partial charge is 0.374 e. The Balaban J connectivity index is 1.88. The number of carbonyl (C=O) groups excluding carboxylic acids is 2. The van der Waals surface area contributed by atoms with E-state index in [1.807, 2.05) is 13.0 Å². The van der Waals surface area contributed by atoms with E-state index in [4.69, 9.17) is 0 Å². The number of aryl methyl sites for hydroxylation is 1. The zero-order chi connectivity index (χ0) is 13.6. The minimum Gasteiger partial charge on any atom is -0.374 e. The molecule has 2 unspecified atom stereocenters. The number of hydrogen-bond acceptors (Lipinski definition) is 4. The van der Waals surface area contributed by atoms with E-state index in [1.165, 1.54) is 0 Å². The van der Waals surface area contributed by atoms with E-state index >= 15 is 0 Å². The van der Waals surface area contributed by atoms with Crippen LogP contribution in [0, 0.1) is 6.92 Å². The Morgan fingerprint density at radius 1 is 1.42 bits per heavy atom. The summed E-state index contributed by atoms with van der Waals surface area (Å²) in [6.45, 7) is 2.35. The third-order valence-electron chi connectivity index (χ3n) is 3.78. The maximum absolute atomic E-state index is 12.3. The van der Waals surface area contributed by atoms with Crippen molar-refractivity contribution in [2.45, 2.75) is 38.6 Å². The van der Waals surface area contributed by atoms with Crippen LogP contribution in [-0.4, -0.2) is 39.1 Å². The summed E-state index contributed by atoms with van der Waals surface area (Å²) in [4.78, 5) is 29.8. The monoisotopic (exact) mass is 261 g/mol. The van der Waals surface area contributed by atoms with E-state index in [2.05, 4.69) is 10.3 Å². The summed E-state index contributed by atoms with van der Waals surface area (Å²) in [5, 5.41) is 11.8. The third kappa shape index (κ3) is 1.88. The number of fused-ring (bicyclic) bond motifs is 1. The molecule has 2 atom stereocenters. The molecule has 3 rings (SSSR count). The van der Waals surface area contributed by atoms with Gasteiger partial charge in [0, 0.05) is 18.3 Å². The molecule has 100 valence electrons. The van der Waals surface area contributed by atoms with Gasteiger partial charge in [0.2, 0.25) is 5.91 Å². The molecule has 6 heteroatoms. The Bertz CT molecular complexity index is 558. The van der Waals surface area contributed by atoms with Gasteiger partial charge in [-0.15, -0.1) is 0 Å². The fourth-order valence-electron chi connectivity index (χ4n) is 2.68. The molecule has 0 aromatic carbocycles. The van der Waals surface area contributed by atoms with Crippen LogP contribution in [0.1, 0.15) is 34.5 Å². The summed E-state index contributed by atoms with van der Waals surface area (Å²) in [5.74, 6) is -0.493. The molecule has 2 N–H and O–H groups in total. The number of nitrogens with one attached hydrogen (secondary N) is 1. The van der Waals surface area contributed by atoms with E-state index in [-0.39, 0.29) is 11.8 Å². The smallest absolute Gasteiger partial charge is 0.273 e. The highest BCUT2D eigenvalue weighted by Crippen LogP contribution is 2.28. The number of aliphatic hydroxyl groups excluding tert-OH is 1. The number of rotatable bonds is 1. The molecule has 2 aliphatic rings. The van der Waals surface area contributed by atoms with Gasteiger partial charge in [-0.3, -0.25) is 14.6 Å². The Morgan fingerprint density at radius 3 is 2.89 bits per heavy atom. The molecule has 1 saturated heterocycles. The molecule has 2 aliphatic heterocycles. The molecule has 0 saturated carbocycles. The fourth-order valence-corrected chi connectivity index (χ4v) is 2.68. The highest BCUT2D eigenvalue weighted by molar-refractivity contribution is 6.00. The van der Waals surface area contributed by atoms with Crippen LogP contribution in [0.5, 0.6) is 0 Å². The molecule has 0 radical (unpaired) electrons. The van der Waals surface area contributed by atoms with E-state index in [0.717, 1.165) is 11.1 Å². The van der Waals surface area contributed by atoms with Crippen molar-refractivity contribution in [3.05, 3.63) is 29.1 Å². The summed E-state index contributed by atoms with van der Waals surface area (Å²) in [5.41, 5.74) is 2.35. The van der Waals surface area contributed by atoms with Crippen molar-refractivity contribution in [1.29, 1.82) is 0 Å². The minimum absolute atomic E-state index is 0.199. The van der Waals surface area contributed by atoms with Gasteiger partial charge in [-0.1, -0.05) is 0 Å². The Kier molecular flexibility index (Phi) is 2.74. The molecule has 0 aliphatic carbocycles. The van der Waals surface area contributed by atoms with Crippen molar-refractivity contribution in [2.24, 2.45) is 0 Å². The minimum atomic E-state index is -0.802. The maximum Gasteiger partial charge on any atom is 0.273 e. The predicted octanol–water partition coefficient (Wildman–Crippen LogP) is -0.0572. The van der Waals surface area contributed by atoms with Gasteiger partial charge in [0.05, 0.1) is 0 Å². The third-order valence-corrected chi connectivity index (χ3v) is 3.78. The molecule has 2 amide bonds. The van der Waals surface area contributed by atoms with Crippen LogP contribution in [0.25, 0.3) is 0 Å². The van der Waals surface area contributed by atoms with Gasteiger partial charge in [0.25, 0.3) is 5.91 Å². The first-order valence-corrected chi connectivity index (χ1v) is 6.32. The van der Waals surface area contributed by atoms with E-state index in [0.29, 0.717) is 25.1 Å². The van der Waals surface area contributed by atoms with Gasteiger partial charge >= 0.3 is 0 Å². The number of pyridine rings is 1. The SMILES string of the molecule is Cc1ccnc2c1CN(C1CCC(O)NC1=O)C2=O. The molecular formula is C13H15N3O3. The van der Waals surface area contributed by atoms with Gasteiger partial charge in [0.15, 0.2) is 0 Å². The van der Waals surface area contributed by atoms with Gasteiger partial charge in [0.1, 0.15) is 18.0 Å². The molecule has 19 heavy (non-hydrogen) atoms. The van der Waals surface area contributed by atoms with Gasteiger partial charge in [-0.2, -0.15) is 0 Å². The lowest BCUT2D eigenvalue weighted by Crippen LogP contribution is -2.54. The maximum atomic E-state index is 12.3. The first-order valence-electron chi connectivity index (χ1n) is 6.32. The number of aliphatic hydroxyl groups is 1. The molecule has 6 nitrogen and oxygen atoms in total. The topological polar surface area (TPSA) is 82.5 Å². The molecule has 1 aromatic rings. The number of aromatic nitrogens is 1. The van der Waals surface area contributed by atoms with Crippen LogP contribution in [0.3, 0.4) is 0 Å². The molecule has 3 heterocycles. The second kappa shape index (κ2) is 4.31. The van der Waals surface area contributed by atoms with Crippen molar-refractivity contribution in [3.63, 3.8) is 0 Å². The van der Waals surface area contributed by atoms with Crippen molar-refractivity contribution in [2.75, 3.05) is 0 Å². The lowest BCUT2D eigenvalue weighted by atomic mass is 10.0. The van der Waals surface area contributed by atoms with Crippen LogP contribution in [0.4, 0.5) is 0 Å². The molecule has 0 bridgehead atoms. The Hall–Kier alpha value is -1.95. The van der Waals surface area contributed by atoms with E-state index in [1.54, 1.807) is 11.1 Å². The van der Waals surface area contributed by atoms with Crippen LogP contribution in [0.2, 0.25) is 0 Å². The van der Waals surface area contributed by atoms with Crippen LogP contribution >= 0.6 is 0 Å². The zero-order valence-electron chi connectivity index (χ0n) is 10.6. The lowest BCUT2D eigenvalue weighted by molar-refractivity contribution is -0.132. The fraction of sp³-hybridized carbons (Fsp3) is 0.462. The average Bonchev–Trinajstić information content (AvgIpc) is 2.69. The highest BCUT2D eigenvalue weighted by Gasteiger charge is 2.40. The summed E-state index contributed by atoms with van der Waals surface area (Å²) >= 11 is 0. The van der Waals surface area contributed by atoms with Gasteiger partial charge < -0.3 is 15.3 Å². The van der Waals surface area contributed by atoms with Gasteiger partial charge in [-0.25, -0.2) is 0 Å². The van der Waals surface area contributed by atoms with Crippen molar-refractivity contribution in [3.8, 4) is 0 Å². The Labute approximate surface area is 110 Å². The first kappa shape index (κ1) is 12.1.